The first-order valence-electron chi connectivity index (χ1n) is 18.1. The van der Waals surface area contributed by atoms with Gasteiger partial charge in [0.2, 0.25) is 0 Å². The molecule has 0 bridgehead atoms. The highest BCUT2D eigenvalue weighted by Crippen LogP contribution is 2.20. The first-order valence-corrected chi connectivity index (χ1v) is 18.1. The maximum absolute atomic E-state index is 2.36. The normalized spacial score (nSPS) is 11.7. The Morgan fingerprint density at radius 2 is 0.395 bits per heavy atom. The number of halogens is 1. The molecule has 0 rings (SSSR count). The monoisotopic (exact) mass is 602 g/mol. The minimum Gasteiger partial charge on any atom is -1.00 e. The maximum atomic E-state index is 2.36. The van der Waals surface area contributed by atoms with Crippen LogP contribution >= 0.6 is 0 Å². The van der Waals surface area contributed by atoms with E-state index in [9.17, 15) is 0 Å². The van der Waals surface area contributed by atoms with E-state index in [0.29, 0.717) is 0 Å². The Morgan fingerprint density at radius 3 is 0.605 bits per heavy atom. The zero-order chi connectivity index (χ0) is 27.1. The number of rotatable bonds is 32. The van der Waals surface area contributed by atoms with Crippen molar-refractivity contribution in [3.63, 3.8) is 0 Å². The summed E-state index contributed by atoms with van der Waals surface area (Å²) in [7, 11) is 0. The van der Waals surface area contributed by atoms with Gasteiger partial charge in [0.15, 0.2) is 0 Å². The van der Waals surface area contributed by atoms with Gasteiger partial charge in [-0.3, -0.25) is 0 Å². The maximum Gasteiger partial charge on any atom is 0.0786 e. The smallest absolute Gasteiger partial charge is 0.0786 e. The molecule has 1 nitrogen and oxygen atoms in total. The van der Waals surface area contributed by atoms with E-state index < -0.39 is 0 Å². The van der Waals surface area contributed by atoms with Gasteiger partial charge in [0.1, 0.15) is 0 Å². The molecule has 0 saturated heterocycles. The van der Waals surface area contributed by atoms with Crippen molar-refractivity contribution in [3.8, 4) is 0 Å². The van der Waals surface area contributed by atoms with Gasteiger partial charge in [-0.1, -0.05) is 156 Å². The molecule has 2 heteroatoms. The minimum absolute atomic E-state index is 0. The molecule has 0 spiro atoms. The van der Waals surface area contributed by atoms with Crippen LogP contribution in [-0.2, 0) is 0 Å². The molecule has 0 unspecified atom stereocenters. The quantitative estimate of drug-likeness (QED) is 0.0531. The third-order valence-corrected chi connectivity index (χ3v) is 8.94. The van der Waals surface area contributed by atoms with Crippen molar-refractivity contribution in [2.75, 3.05) is 26.2 Å². The van der Waals surface area contributed by atoms with Crippen LogP contribution in [0.2, 0.25) is 0 Å². The van der Waals surface area contributed by atoms with Crippen molar-refractivity contribution in [1.82, 2.24) is 0 Å². The molecule has 0 radical (unpaired) electrons. The topological polar surface area (TPSA) is 0 Å². The molecule has 0 saturated carbocycles. The van der Waals surface area contributed by atoms with E-state index in [1.54, 1.807) is 0 Å². The van der Waals surface area contributed by atoms with Gasteiger partial charge in [-0.15, -0.1) is 0 Å². The molecule has 0 aromatic rings. The van der Waals surface area contributed by atoms with E-state index >= 15 is 0 Å². The second-order valence-electron chi connectivity index (χ2n) is 12.7. The molecule has 0 aliphatic heterocycles. The van der Waals surface area contributed by atoms with Crippen molar-refractivity contribution in [1.29, 1.82) is 0 Å². The van der Waals surface area contributed by atoms with Gasteiger partial charge in [-0.2, -0.15) is 0 Å². The number of nitrogens with zero attached hydrogens (tertiary/aromatic N) is 1. The lowest BCUT2D eigenvalue weighted by atomic mass is 10.0. The van der Waals surface area contributed by atoms with Crippen LogP contribution in [0.1, 0.15) is 207 Å². The van der Waals surface area contributed by atoms with Gasteiger partial charge in [-0.05, 0) is 51.4 Å². The zero-order valence-corrected chi connectivity index (χ0v) is 29.0. The summed E-state index contributed by atoms with van der Waals surface area (Å²) < 4.78 is 1.47. The van der Waals surface area contributed by atoms with Gasteiger partial charge >= 0.3 is 0 Å². The first kappa shape index (κ1) is 40.6. The van der Waals surface area contributed by atoms with E-state index in [4.69, 9.17) is 0 Å². The van der Waals surface area contributed by atoms with E-state index in [2.05, 4.69) is 27.7 Å². The van der Waals surface area contributed by atoms with Crippen molar-refractivity contribution in [3.05, 3.63) is 0 Å². The third-order valence-electron chi connectivity index (χ3n) is 8.94. The lowest BCUT2D eigenvalue weighted by Gasteiger charge is -2.39. The Balaban J connectivity index is 0. The van der Waals surface area contributed by atoms with E-state index in [1.165, 1.54) is 210 Å². The number of hydrogen-bond acceptors (Lipinski definition) is 0. The van der Waals surface area contributed by atoms with Crippen LogP contribution in [0.5, 0.6) is 0 Å². The summed E-state index contributed by atoms with van der Waals surface area (Å²) in [5, 5.41) is 0. The van der Waals surface area contributed by atoms with Crippen molar-refractivity contribution in [2.24, 2.45) is 0 Å². The number of unbranched alkanes of at least 4 members (excludes halogenated alkanes) is 24. The Morgan fingerprint density at radius 1 is 0.237 bits per heavy atom. The fourth-order valence-electron chi connectivity index (χ4n) is 6.29. The Hall–Kier alpha value is 0.440. The molecule has 0 heterocycles. The molecular weight excluding hydrogens is 526 g/mol. The zero-order valence-electron chi connectivity index (χ0n) is 27.5. The van der Waals surface area contributed by atoms with E-state index in [1.807, 2.05) is 0 Å². The van der Waals surface area contributed by atoms with Crippen LogP contribution in [0, 0.1) is 0 Å². The number of hydrogen-bond donors (Lipinski definition) is 0. The minimum atomic E-state index is 0. The van der Waals surface area contributed by atoms with Gasteiger partial charge in [0.05, 0.1) is 26.2 Å². The van der Waals surface area contributed by atoms with Gasteiger partial charge in [0, 0.05) is 0 Å². The van der Waals surface area contributed by atoms with Crippen molar-refractivity contribution in [2.45, 2.75) is 207 Å². The van der Waals surface area contributed by atoms with Crippen molar-refractivity contribution < 1.29 is 21.5 Å². The lowest BCUT2D eigenvalue weighted by molar-refractivity contribution is -0.929. The Kier molecular flexibility index (Phi) is 35.9. The molecule has 0 aromatic carbocycles. The van der Waals surface area contributed by atoms with Crippen molar-refractivity contribution >= 4 is 0 Å². The number of quaternary nitrogens is 1. The second kappa shape index (κ2) is 33.6. The average molecular weight is 603 g/mol. The largest absolute Gasteiger partial charge is 1.00 e. The SMILES string of the molecule is CCCCCCCCCCCC[N+](CCCCCC)(CCCCCC)CCCCCCCCCCCC.[Br-]. The third kappa shape index (κ3) is 28.0. The standard InChI is InChI=1S/C36H76N.BrH/c1-5-9-13-17-19-21-23-25-27-31-35-37(33-29-15-11-7-3,34-30-16-12-8-4)36-32-28-26-24-22-20-18-14-10-6-2;/h5-36H2,1-4H3;1H/q+1;/p-1. The molecule has 232 valence electrons. The van der Waals surface area contributed by atoms with Crippen LogP contribution in [-0.4, -0.2) is 30.7 Å². The predicted octanol–water partition coefficient (Wildman–Crippen LogP) is 9.81. The van der Waals surface area contributed by atoms with Crippen LogP contribution in [0.15, 0.2) is 0 Å². The summed E-state index contributed by atoms with van der Waals surface area (Å²) >= 11 is 0. The van der Waals surface area contributed by atoms with Gasteiger partial charge < -0.3 is 21.5 Å². The van der Waals surface area contributed by atoms with E-state index in [-0.39, 0.29) is 17.0 Å². The van der Waals surface area contributed by atoms with Crippen LogP contribution in [0.25, 0.3) is 0 Å². The summed E-state index contributed by atoms with van der Waals surface area (Å²) in [6.45, 7) is 15.3. The molecule has 0 atom stereocenters. The molecule has 0 N–H and O–H groups in total. The molecular formula is C36H76BrN. The molecule has 0 aliphatic carbocycles. The molecule has 0 aliphatic rings. The summed E-state index contributed by atoms with van der Waals surface area (Å²) in [5.41, 5.74) is 0. The van der Waals surface area contributed by atoms with Crippen LogP contribution < -0.4 is 17.0 Å². The molecule has 38 heavy (non-hydrogen) atoms. The summed E-state index contributed by atoms with van der Waals surface area (Å²) in [6, 6.07) is 0. The highest BCUT2D eigenvalue weighted by Gasteiger charge is 2.25. The molecule has 0 aromatic heterocycles. The first-order chi connectivity index (χ1) is 18.2. The van der Waals surface area contributed by atoms with Gasteiger partial charge in [-0.25, -0.2) is 0 Å². The van der Waals surface area contributed by atoms with Crippen LogP contribution in [0.4, 0.5) is 0 Å². The lowest BCUT2D eigenvalue weighted by Crippen LogP contribution is -3.00. The summed E-state index contributed by atoms with van der Waals surface area (Å²) in [6.07, 6.45) is 40.8. The summed E-state index contributed by atoms with van der Waals surface area (Å²) in [5.74, 6) is 0. The molecule has 0 fully saturated rings. The second-order valence-corrected chi connectivity index (χ2v) is 12.7. The van der Waals surface area contributed by atoms with Gasteiger partial charge in [0.25, 0.3) is 0 Å². The predicted molar refractivity (Wildman–Crippen MR) is 172 cm³/mol. The van der Waals surface area contributed by atoms with E-state index in [0.717, 1.165) is 0 Å². The highest BCUT2D eigenvalue weighted by atomic mass is 79.9. The average Bonchev–Trinajstić information content (AvgIpc) is 2.91. The fraction of sp³-hybridized carbons (Fsp3) is 1.00. The Bertz CT molecular complexity index is 372. The molecule has 0 amide bonds. The fourth-order valence-corrected chi connectivity index (χ4v) is 6.29. The Labute approximate surface area is 254 Å². The highest BCUT2D eigenvalue weighted by molar-refractivity contribution is 4.55. The summed E-state index contributed by atoms with van der Waals surface area (Å²) in [4.78, 5) is 0. The van der Waals surface area contributed by atoms with Crippen LogP contribution in [0.3, 0.4) is 0 Å².